The predicted molar refractivity (Wildman–Crippen MR) is 92.8 cm³/mol. The lowest BCUT2D eigenvalue weighted by Crippen LogP contribution is -2.28. The zero-order chi connectivity index (χ0) is 15.6. The van der Waals surface area contributed by atoms with Gasteiger partial charge < -0.3 is 10.6 Å². The maximum Gasteiger partial charge on any atom is 0.0776 e. The number of hydrogen-bond acceptors (Lipinski definition) is 4. The Morgan fingerprint density at radius 3 is 3.09 bits per heavy atom. The van der Waals surface area contributed by atoms with Gasteiger partial charge in [0.1, 0.15) is 0 Å². The number of piperidine rings is 1. The summed E-state index contributed by atoms with van der Waals surface area (Å²) in [5, 5.41) is 11.1. The highest BCUT2D eigenvalue weighted by Gasteiger charge is 2.17. The topological polar surface area (TPSA) is 54.2 Å². The molecule has 3 aromatic rings. The van der Waals surface area contributed by atoms with Crippen LogP contribution in [0.25, 0.3) is 16.8 Å². The van der Waals surface area contributed by atoms with Crippen LogP contribution < -0.4 is 10.6 Å². The lowest BCUT2D eigenvalue weighted by molar-refractivity contribution is 0.455. The van der Waals surface area contributed by atoms with Crippen LogP contribution in [0, 0.1) is 0 Å². The first kappa shape index (κ1) is 14.2. The fourth-order valence-electron chi connectivity index (χ4n) is 3.27. The molecule has 2 N–H and O–H groups in total. The molecule has 1 atom stereocenters. The minimum Gasteiger partial charge on any atom is -0.388 e. The molecule has 0 spiro atoms. The molecule has 0 aliphatic carbocycles. The first-order chi connectivity index (χ1) is 11.3. The Morgan fingerprint density at radius 1 is 1.30 bits per heavy atom. The van der Waals surface area contributed by atoms with Crippen molar-refractivity contribution in [2.24, 2.45) is 0 Å². The van der Waals surface area contributed by atoms with Crippen molar-refractivity contribution in [3.8, 4) is 11.3 Å². The van der Waals surface area contributed by atoms with E-state index in [2.05, 4.69) is 40.0 Å². The standard InChI is InChI=1S/C18H21N5/c1-19-14-7-9-23-18(10-14)15(12-21-23)17-6-2-5-16(22-17)13-4-3-8-20-11-13/h2,5-7,9-10,12-13,19-20H,3-4,8,11H2,1H3. The number of fused-ring (bicyclic) bond motifs is 1. The molecule has 1 fully saturated rings. The summed E-state index contributed by atoms with van der Waals surface area (Å²) < 4.78 is 1.90. The fraction of sp³-hybridized carbons (Fsp3) is 0.333. The van der Waals surface area contributed by atoms with Gasteiger partial charge in [-0.3, -0.25) is 4.98 Å². The average Bonchev–Trinajstić information content (AvgIpc) is 3.05. The second kappa shape index (κ2) is 6.01. The summed E-state index contributed by atoms with van der Waals surface area (Å²) in [7, 11) is 1.93. The van der Waals surface area contributed by atoms with E-state index in [4.69, 9.17) is 4.98 Å². The highest BCUT2D eigenvalue weighted by atomic mass is 15.2. The van der Waals surface area contributed by atoms with Crippen molar-refractivity contribution in [2.45, 2.75) is 18.8 Å². The van der Waals surface area contributed by atoms with E-state index in [-0.39, 0.29) is 0 Å². The number of pyridine rings is 2. The molecule has 5 heteroatoms. The van der Waals surface area contributed by atoms with Crippen LogP contribution in [0.5, 0.6) is 0 Å². The van der Waals surface area contributed by atoms with Crippen LogP contribution in [-0.4, -0.2) is 34.7 Å². The minimum absolute atomic E-state index is 0.512. The van der Waals surface area contributed by atoms with Crippen molar-refractivity contribution >= 4 is 11.2 Å². The minimum atomic E-state index is 0.512. The molecule has 0 bridgehead atoms. The summed E-state index contributed by atoms with van der Waals surface area (Å²) in [5.41, 5.74) is 5.40. The van der Waals surface area contributed by atoms with E-state index in [1.807, 2.05) is 30.0 Å². The number of hydrogen-bond donors (Lipinski definition) is 2. The highest BCUT2D eigenvalue weighted by molar-refractivity contribution is 5.79. The number of anilines is 1. The Morgan fingerprint density at radius 2 is 2.26 bits per heavy atom. The number of nitrogens with one attached hydrogen (secondary N) is 2. The van der Waals surface area contributed by atoms with Gasteiger partial charge in [0.25, 0.3) is 0 Å². The molecule has 1 aliphatic heterocycles. The molecule has 0 aromatic carbocycles. The van der Waals surface area contributed by atoms with Gasteiger partial charge in [-0.05, 0) is 43.7 Å². The molecule has 1 unspecified atom stereocenters. The van der Waals surface area contributed by atoms with Crippen LogP contribution >= 0.6 is 0 Å². The lowest BCUT2D eigenvalue weighted by atomic mass is 9.95. The molecular weight excluding hydrogens is 286 g/mol. The Balaban J connectivity index is 1.75. The van der Waals surface area contributed by atoms with Gasteiger partial charge in [-0.25, -0.2) is 4.52 Å². The molecule has 1 saturated heterocycles. The van der Waals surface area contributed by atoms with Crippen LogP contribution in [0.15, 0.2) is 42.7 Å². The van der Waals surface area contributed by atoms with Crippen LogP contribution in [-0.2, 0) is 0 Å². The van der Waals surface area contributed by atoms with Crippen LogP contribution in [0.3, 0.4) is 0 Å². The zero-order valence-corrected chi connectivity index (χ0v) is 13.3. The van der Waals surface area contributed by atoms with E-state index in [1.54, 1.807) is 0 Å². The normalized spacial score (nSPS) is 18.2. The predicted octanol–water partition coefficient (Wildman–Crippen LogP) is 2.91. The Hall–Kier alpha value is -2.40. The lowest BCUT2D eigenvalue weighted by Gasteiger charge is -2.22. The van der Waals surface area contributed by atoms with Crippen molar-refractivity contribution in [3.63, 3.8) is 0 Å². The molecule has 0 saturated carbocycles. The first-order valence-corrected chi connectivity index (χ1v) is 8.18. The molecule has 1 aliphatic rings. The van der Waals surface area contributed by atoms with Crippen molar-refractivity contribution < 1.29 is 0 Å². The van der Waals surface area contributed by atoms with E-state index in [1.165, 1.54) is 18.5 Å². The van der Waals surface area contributed by atoms with Gasteiger partial charge >= 0.3 is 0 Å². The maximum atomic E-state index is 4.93. The zero-order valence-electron chi connectivity index (χ0n) is 13.3. The van der Waals surface area contributed by atoms with E-state index in [9.17, 15) is 0 Å². The third-order valence-electron chi connectivity index (χ3n) is 4.57. The Kier molecular flexibility index (Phi) is 3.71. The summed E-state index contributed by atoms with van der Waals surface area (Å²) in [6.45, 7) is 2.14. The van der Waals surface area contributed by atoms with Gasteiger partial charge in [-0.15, -0.1) is 0 Å². The quantitative estimate of drug-likeness (QED) is 0.781. The molecule has 23 heavy (non-hydrogen) atoms. The molecule has 4 heterocycles. The third kappa shape index (κ3) is 2.68. The second-order valence-corrected chi connectivity index (χ2v) is 6.04. The molecule has 0 amide bonds. The monoisotopic (exact) mass is 307 g/mol. The molecule has 5 nitrogen and oxygen atoms in total. The molecule has 118 valence electrons. The summed E-state index contributed by atoms with van der Waals surface area (Å²) in [6.07, 6.45) is 6.31. The Bertz CT molecular complexity index is 817. The van der Waals surface area contributed by atoms with Gasteiger partial charge in [0, 0.05) is 42.7 Å². The molecular formula is C18H21N5. The summed E-state index contributed by atoms with van der Waals surface area (Å²) in [4.78, 5) is 4.93. The van der Waals surface area contributed by atoms with Gasteiger partial charge in [-0.2, -0.15) is 5.10 Å². The van der Waals surface area contributed by atoms with Gasteiger partial charge in [-0.1, -0.05) is 6.07 Å². The van der Waals surface area contributed by atoms with Gasteiger partial charge in [0.05, 0.1) is 17.4 Å². The summed E-state index contributed by atoms with van der Waals surface area (Å²) in [5.74, 6) is 0.512. The summed E-state index contributed by atoms with van der Waals surface area (Å²) >= 11 is 0. The van der Waals surface area contributed by atoms with Crippen molar-refractivity contribution in [1.29, 1.82) is 0 Å². The van der Waals surface area contributed by atoms with Gasteiger partial charge in [0.15, 0.2) is 0 Å². The maximum absolute atomic E-state index is 4.93. The van der Waals surface area contributed by atoms with Crippen LogP contribution in [0.1, 0.15) is 24.5 Å². The smallest absolute Gasteiger partial charge is 0.0776 e. The number of rotatable bonds is 3. The average molecular weight is 307 g/mol. The fourth-order valence-corrected chi connectivity index (χ4v) is 3.27. The highest BCUT2D eigenvalue weighted by Crippen LogP contribution is 2.28. The van der Waals surface area contributed by atoms with Crippen LogP contribution in [0.4, 0.5) is 5.69 Å². The molecule has 0 radical (unpaired) electrons. The van der Waals surface area contributed by atoms with Crippen molar-refractivity contribution in [2.75, 3.05) is 25.5 Å². The van der Waals surface area contributed by atoms with E-state index in [0.29, 0.717) is 5.92 Å². The molecule has 3 aromatic heterocycles. The SMILES string of the molecule is CNc1ccn2ncc(-c3cccc(C4CCCNC4)n3)c2c1. The van der Waals surface area contributed by atoms with Crippen molar-refractivity contribution in [3.05, 3.63) is 48.4 Å². The third-order valence-corrected chi connectivity index (χ3v) is 4.57. The second-order valence-electron chi connectivity index (χ2n) is 6.04. The number of aromatic nitrogens is 3. The Labute approximate surface area is 135 Å². The van der Waals surface area contributed by atoms with E-state index < -0.39 is 0 Å². The van der Waals surface area contributed by atoms with E-state index in [0.717, 1.165) is 35.6 Å². The van der Waals surface area contributed by atoms with Crippen molar-refractivity contribution in [1.82, 2.24) is 19.9 Å². The summed E-state index contributed by atoms with van der Waals surface area (Å²) in [6, 6.07) is 10.5. The largest absolute Gasteiger partial charge is 0.388 e. The van der Waals surface area contributed by atoms with Gasteiger partial charge in [0.2, 0.25) is 0 Å². The first-order valence-electron chi connectivity index (χ1n) is 8.18. The van der Waals surface area contributed by atoms with E-state index >= 15 is 0 Å². The van der Waals surface area contributed by atoms with Crippen LogP contribution in [0.2, 0.25) is 0 Å². The number of nitrogens with zero attached hydrogens (tertiary/aromatic N) is 3. The molecule has 4 rings (SSSR count).